The van der Waals surface area contributed by atoms with Gasteiger partial charge in [0.1, 0.15) is 36.4 Å². The van der Waals surface area contributed by atoms with Gasteiger partial charge in [-0.25, -0.2) is 0 Å². The first-order valence-electron chi connectivity index (χ1n) is 11.7. The number of Topliss-reactive ketones (excluding diaryl/α,β-unsaturated/α-hetero) is 1. The third kappa shape index (κ3) is 9.26. The van der Waals surface area contributed by atoms with Gasteiger partial charge in [0.05, 0.1) is 12.6 Å². The fourth-order valence-corrected chi connectivity index (χ4v) is 3.69. The number of carbonyl (C=O) groups excluding carboxylic acids is 1. The van der Waals surface area contributed by atoms with Gasteiger partial charge in [-0.15, -0.1) is 0 Å². The molecule has 6 unspecified atom stereocenters. The molecule has 0 aromatic heterocycles. The average molecular weight is 433 g/mol. The van der Waals surface area contributed by atoms with Crippen LogP contribution in [0.3, 0.4) is 0 Å². The molecule has 0 bridgehead atoms. The van der Waals surface area contributed by atoms with Crippen molar-refractivity contribution in [3.8, 4) is 0 Å². The number of nitrogens with one attached hydrogen (secondary N) is 2. The van der Waals surface area contributed by atoms with Crippen LogP contribution in [0.5, 0.6) is 0 Å². The normalized spacial score (nSPS) is 29.0. The number of ketones is 1. The van der Waals surface area contributed by atoms with Crippen molar-refractivity contribution >= 4 is 5.78 Å². The molecular formula is C22H44N2O6. The van der Waals surface area contributed by atoms with Gasteiger partial charge in [0, 0.05) is 12.5 Å². The van der Waals surface area contributed by atoms with Crippen LogP contribution in [-0.2, 0) is 9.53 Å². The topological polar surface area (TPSA) is 131 Å². The summed E-state index contributed by atoms with van der Waals surface area (Å²) >= 11 is 0. The third-order valence-electron chi connectivity index (χ3n) is 5.92. The molecule has 30 heavy (non-hydrogen) atoms. The minimum absolute atomic E-state index is 0.131. The Bertz CT molecular complexity index is 465. The predicted octanol–water partition coefficient (Wildman–Crippen LogP) is 0.842. The van der Waals surface area contributed by atoms with E-state index in [1.165, 1.54) is 6.42 Å². The van der Waals surface area contributed by atoms with Crippen LogP contribution in [0.4, 0.5) is 0 Å². The highest BCUT2D eigenvalue weighted by Crippen LogP contribution is 2.19. The Hall–Kier alpha value is -0.610. The molecule has 178 valence electrons. The number of carbonyl (C=O) groups is 1. The van der Waals surface area contributed by atoms with Gasteiger partial charge in [0.15, 0.2) is 0 Å². The molecule has 0 radical (unpaired) electrons. The van der Waals surface area contributed by atoms with Crippen LogP contribution in [0.25, 0.3) is 0 Å². The minimum atomic E-state index is -1.37. The minimum Gasteiger partial charge on any atom is -0.394 e. The fourth-order valence-electron chi connectivity index (χ4n) is 3.69. The van der Waals surface area contributed by atoms with Crippen LogP contribution in [0.15, 0.2) is 0 Å². The molecule has 0 spiro atoms. The second kappa shape index (κ2) is 15.2. The van der Waals surface area contributed by atoms with Crippen molar-refractivity contribution in [2.45, 2.75) is 121 Å². The summed E-state index contributed by atoms with van der Waals surface area (Å²) in [5.74, 6) is 0.285. The maximum absolute atomic E-state index is 12.6. The predicted molar refractivity (Wildman–Crippen MR) is 116 cm³/mol. The summed E-state index contributed by atoms with van der Waals surface area (Å²) in [6, 6.07) is 0.163. The zero-order valence-electron chi connectivity index (χ0n) is 18.9. The van der Waals surface area contributed by atoms with E-state index in [1.54, 1.807) is 0 Å². The summed E-state index contributed by atoms with van der Waals surface area (Å²) in [5.41, 5.74) is 0. The third-order valence-corrected chi connectivity index (χ3v) is 5.92. The molecule has 1 saturated heterocycles. The standard InChI is InChI=1S/C22H44N2O6/c1-4-6-7-8-12-17(26)16(24-15(3)5-2)11-9-10-13-23-22-21(29)20(28)19(27)18(14-25)30-22/h15-16,18-25,27-29H,4-14H2,1-3H3/t15?,16-,18?,19?,20?,21?,22?/m0/s1. The van der Waals surface area contributed by atoms with Gasteiger partial charge in [0.2, 0.25) is 0 Å². The molecule has 1 rings (SSSR count). The summed E-state index contributed by atoms with van der Waals surface area (Å²) in [6.45, 7) is 6.45. The zero-order valence-corrected chi connectivity index (χ0v) is 18.9. The Labute approximate surface area is 181 Å². The van der Waals surface area contributed by atoms with Crippen molar-refractivity contribution in [1.29, 1.82) is 0 Å². The van der Waals surface area contributed by atoms with Crippen molar-refractivity contribution in [2.24, 2.45) is 0 Å². The van der Waals surface area contributed by atoms with E-state index in [1.807, 2.05) is 0 Å². The number of hydrogen-bond donors (Lipinski definition) is 6. The van der Waals surface area contributed by atoms with Crippen LogP contribution in [0.1, 0.15) is 78.6 Å². The molecule has 7 atom stereocenters. The van der Waals surface area contributed by atoms with E-state index in [0.29, 0.717) is 19.0 Å². The van der Waals surface area contributed by atoms with Crippen LogP contribution in [0, 0.1) is 0 Å². The van der Waals surface area contributed by atoms with Gasteiger partial charge in [-0.2, -0.15) is 0 Å². The van der Waals surface area contributed by atoms with E-state index in [-0.39, 0.29) is 11.8 Å². The van der Waals surface area contributed by atoms with Gasteiger partial charge in [-0.1, -0.05) is 39.5 Å². The molecule has 1 aliphatic rings. The molecule has 0 saturated carbocycles. The average Bonchev–Trinajstić information content (AvgIpc) is 2.75. The molecule has 8 heteroatoms. The Morgan fingerprint density at radius 2 is 1.73 bits per heavy atom. The van der Waals surface area contributed by atoms with Gasteiger partial charge >= 0.3 is 0 Å². The number of aliphatic hydroxyl groups is 4. The summed E-state index contributed by atoms with van der Waals surface area (Å²) in [5, 5.41) is 45.4. The van der Waals surface area contributed by atoms with E-state index in [4.69, 9.17) is 4.74 Å². The molecule has 0 aliphatic carbocycles. The number of aliphatic hydroxyl groups excluding tert-OH is 4. The smallest absolute Gasteiger partial charge is 0.149 e. The maximum atomic E-state index is 12.6. The van der Waals surface area contributed by atoms with E-state index in [2.05, 4.69) is 31.4 Å². The second-order valence-electron chi connectivity index (χ2n) is 8.50. The van der Waals surface area contributed by atoms with Crippen molar-refractivity contribution in [1.82, 2.24) is 10.6 Å². The summed E-state index contributed by atoms with van der Waals surface area (Å²) < 4.78 is 5.44. The van der Waals surface area contributed by atoms with Gasteiger partial charge in [0.25, 0.3) is 0 Å². The molecule has 0 aromatic carbocycles. The van der Waals surface area contributed by atoms with Crippen LogP contribution in [0.2, 0.25) is 0 Å². The lowest BCUT2D eigenvalue weighted by Gasteiger charge is -2.40. The van der Waals surface area contributed by atoms with Crippen LogP contribution in [-0.4, -0.2) is 82.1 Å². The maximum Gasteiger partial charge on any atom is 0.149 e. The molecule has 0 aromatic rings. The van der Waals surface area contributed by atoms with E-state index >= 15 is 0 Å². The van der Waals surface area contributed by atoms with Crippen molar-refractivity contribution in [2.75, 3.05) is 13.2 Å². The highest BCUT2D eigenvalue weighted by molar-refractivity contribution is 5.83. The number of ether oxygens (including phenoxy) is 1. The lowest BCUT2D eigenvalue weighted by molar-refractivity contribution is -0.236. The quantitative estimate of drug-likeness (QED) is 0.198. The lowest BCUT2D eigenvalue weighted by Crippen LogP contribution is -2.62. The van der Waals surface area contributed by atoms with Gasteiger partial charge < -0.3 is 30.5 Å². The first-order valence-corrected chi connectivity index (χ1v) is 11.7. The monoisotopic (exact) mass is 432 g/mol. The molecule has 6 N–H and O–H groups in total. The Balaban J connectivity index is 2.40. The highest BCUT2D eigenvalue weighted by atomic mass is 16.6. The van der Waals surface area contributed by atoms with Crippen molar-refractivity contribution in [3.05, 3.63) is 0 Å². The van der Waals surface area contributed by atoms with Crippen molar-refractivity contribution < 1.29 is 30.0 Å². The molecule has 0 amide bonds. The Morgan fingerprint density at radius 3 is 2.37 bits per heavy atom. The first kappa shape index (κ1) is 27.4. The summed E-state index contributed by atoms with van der Waals surface area (Å²) in [7, 11) is 0. The van der Waals surface area contributed by atoms with E-state index in [9.17, 15) is 25.2 Å². The van der Waals surface area contributed by atoms with Crippen LogP contribution >= 0.6 is 0 Å². The van der Waals surface area contributed by atoms with Gasteiger partial charge in [-0.3, -0.25) is 10.1 Å². The Kier molecular flexibility index (Phi) is 13.9. The lowest BCUT2D eigenvalue weighted by atomic mass is 9.98. The zero-order chi connectivity index (χ0) is 22.5. The van der Waals surface area contributed by atoms with E-state index < -0.39 is 37.3 Å². The SMILES string of the molecule is CCCCCCC(=O)[C@H](CCCCNC1OC(CO)C(O)C(O)C1O)NC(C)CC. The van der Waals surface area contributed by atoms with Gasteiger partial charge in [-0.05, 0) is 39.2 Å². The molecular weight excluding hydrogens is 388 g/mol. The van der Waals surface area contributed by atoms with Crippen LogP contribution < -0.4 is 10.6 Å². The van der Waals surface area contributed by atoms with E-state index in [0.717, 1.165) is 44.9 Å². The summed E-state index contributed by atoms with van der Waals surface area (Å²) in [6.07, 6.45) is 2.58. The molecule has 1 fully saturated rings. The second-order valence-corrected chi connectivity index (χ2v) is 8.50. The largest absolute Gasteiger partial charge is 0.394 e. The highest BCUT2D eigenvalue weighted by Gasteiger charge is 2.43. The van der Waals surface area contributed by atoms with Crippen molar-refractivity contribution in [3.63, 3.8) is 0 Å². The fraction of sp³-hybridized carbons (Fsp3) is 0.955. The first-order chi connectivity index (χ1) is 14.3. The summed E-state index contributed by atoms with van der Waals surface area (Å²) in [4.78, 5) is 12.6. The molecule has 1 heterocycles. The molecule has 8 nitrogen and oxygen atoms in total. The molecule has 1 aliphatic heterocycles. The number of rotatable bonds is 16. The Morgan fingerprint density at radius 1 is 1.00 bits per heavy atom. The number of unbranched alkanes of at least 4 members (excludes halogenated alkanes) is 4. The number of hydrogen-bond acceptors (Lipinski definition) is 8.